The van der Waals surface area contributed by atoms with Gasteiger partial charge in [-0.25, -0.2) is 0 Å². The van der Waals surface area contributed by atoms with Gasteiger partial charge in [0.25, 0.3) is 0 Å². The Morgan fingerprint density at radius 1 is 0.967 bits per heavy atom. The highest BCUT2D eigenvalue weighted by molar-refractivity contribution is 5.82. The topological polar surface area (TPSA) is 39.3 Å². The quantitative estimate of drug-likeness (QED) is 0.611. The van der Waals surface area contributed by atoms with E-state index < -0.39 is 0 Å². The van der Waals surface area contributed by atoms with Crippen LogP contribution in [0.4, 0.5) is 0 Å². The number of ether oxygens (including phenoxy) is 1. The van der Waals surface area contributed by atoms with Crippen LogP contribution in [0.1, 0.15) is 37.7 Å². The molecule has 1 aromatic carbocycles. The van der Waals surface area contributed by atoms with Crippen molar-refractivity contribution >= 4 is 5.91 Å². The van der Waals surface area contributed by atoms with Crippen LogP contribution in [0, 0.1) is 0 Å². The minimum absolute atomic E-state index is 0.0774. The maximum Gasteiger partial charge on any atom is 0.239 e. The van der Waals surface area contributed by atoms with Crippen molar-refractivity contribution < 1.29 is 9.53 Å². The van der Waals surface area contributed by atoms with Gasteiger partial charge in [0.15, 0.2) is 0 Å². The van der Waals surface area contributed by atoms with E-state index in [1.807, 2.05) is 0 Å². The predicted molar refractivity (Wildman–Crippen MR) is 120 cm³/mol. The Hall–Kier alpha value is -1.63. The molecule has 0 aromatic heterocycles. The summed E-state index contributed by atoms with van der Waals surface area (Å²) in [5.74, 6) is 1.30. The van der Waals surface area contributed by atoms with E-state index in [1.54, 1.807) is 0 Å². The van der Waals surface area contributed by atoms with Crippen molar-refractivity contribution in [1.29, 1.82) is 0 Å². The van der Waals surface area contributed by atoms with Crippen LogP contribution in [0.25, 0.3) is 0 Å². The zero-order valence-corrected chi connectivity index (χ0v) is 18.6. The molecule has 0 bridgehead atoms. The summed E-state index contributed by atoms with van der Waals surface area (Å²) in [4.78, 5) is 22.2. The van der Waals surface area contributed by atoms with Crippen LogP contribution in [0.2, 0.25) is 0 Å². The van der Waals surface area contributed by atoms with Crippen LogP contribution in [0.3, 0.4) is 0 Å². The van der Waals surface area contributed by atoms with Crippen LogP contribution >= 0.6 is 0 Å². The molecule has 166 valence electrons. The van der Waals surface area contributed by atoms with E-state index in [2.05, 4.69) is 50.9 Å². The second-order valence-corrected chi connectivity index (χ2v) is 9.15. The normalized spacial score (nSPS) is 23.9. The molecular formula is C24H38N4O2. The van der Waals surface area contributed by atoms with Gasteiger partial charge in [-0.2, -0.15) is 0 Å². The Labute approximate surface area is 181 Å². The third-order valence-corrected chi connectivity index (χ3v) is 6.86. The highest BCUT2D eigenvalue weighted by Gasteiger charge is 2.34. The Kier molecular flexibility index (Phi) is 7.63. The van der Waals surface area contributed by atoms with Crippen molar-refractivity contribution in [2.24, 2.45) is 0 Å². The molecule has 3 saturated heterocycles. The molecule has 1 amide bonds. The number of nitrogens with zero attached hydrogens (tertiary/aromatic N) is 4. The zero-order valence-electron chi connectivity index (χ0n) is 18.6. The van der Waals surface area contributed by atoms with Crippen LogP contribution in [-0.4, -0.2) is 97.6 Å². The van der Waals surface area contributed by atoms with Gasteiger partial charge in [-0.05, 0) is 63.4 Å². The van der Waals surface area contributed by atoms with Gasteiger partial charge in [0, 0.05) is 52.4 Å². The number of likely N-dealkylation sites (N-methyl/N-ethyl adjacent to an activating group) is 1. The molecule has 4 rings (SSSR count). The van der Waals surface area contributed by atoms with Crippen molar-refractivity contribution in [2.75, 3.05) is 66.0 Å². The standard InChI is InChI=1S/C24H38N4O2/c1-25-15-17-26(18-16-25)11-5-19-30-22-9-7-21(8-10-22)20-28-14-4-6-23(28)24(29)27-12-2-3-13-27/h7-10,23H,2-6,11-20H2,1H3/t23-/m0/s1. The van der Waals surface area contributed by atoms with Gasteiger partial charge in [0.2, 0.25) is 5.91 Å². The van der Waals surface area contributed by atoms with E-state index in [-0.39, 0.29) is 6.04 Å². The number of hydrogen-bond acceptors (Lipinski definition) is 5. The second-order valence-electron chi connectivity index (χ2n) is 9.15. The number of likely N-dealkylation sites (tertiary alicyclic amines) is 2. The fraction of sp³-hybridized carbons (Fsp3) is 0.708. The highest BCUT2D eigenvalue weighted by Crippen LogP contribution is 2.24. The predicted octanol–water partition coefficient (Wildman–Crippen LogP) is 2.29. The lowest BCUT2D eigenvalue weighted by Gasteiger charge is -2.32. The molecule has 0 spiro atoms. The van der Waals surface area contributed by atoms with Crippen molar-refractivity contribution in [1.82, 2.24) is 19.6 Å². The molecule has 1 atom stereocenters. The number of rotatable bonds is 8. The van der Waals surface area contributed by atoms with Gasteiger partial charge >= 0.3 is 0 Å². The van der Waals surface area contributed by atoms with Crippen molar-refractivity contribution in [2.45, 2.75) is 44.7 Å². The summed E-state index contributed by atoms with van der Waals surface area (Å²) in [5.41, 5.74) is 1.26. The van der Waals surface area contributed by atoms with Crippen molar-refractivity contribution in [3.63, 3.8) is 0 Å². The first-order chi connectivity index (χ1) is 14.7. The lowest BCUT2D eigenvalue weighted by atomic mass is 10.1. The fourth-order valence-corrected chi connectivity index (χ4v) is 4.92. The van der Waals surface area contributed by atoms with Gasteiger partial charge in [-0.3, -0.25) is 9.69 Å². The number of hydrogen-bond donors (Lipinski definition) is 0. The van der Waals surface area contributed by atoms with E-state index in [0.717, 1.165) is 77.2 Å². The highest BCUT2D eigenvalue weighted by atomic mass is 16.5. The number of amides is 1. The van der Waals surface area contributed by atoms with E-state index in [0.29, 0.717) is 5.91 Å². The molecule has 3 fully saturated rings. The van der Waals surface area contributed by atoms with Crippen LogP contribution in [0.15, 0.2) is 24.3 Å². The Morgan fingerprint density at radius 2 is 1.70 bits per heavy atom. The molecule has 3 aliphatic rings. The summed E-state index contributed by atoms with van der Waals surface area (Å²) in [6.07, 6.45) is 5.52. The van der Waals surface area contributed by atoms with Gasteiger partial charge in [-0.1, -0.05) is 12.1 Å². The Bertz CT molecular complexity index is 666. The number of piperazine rings is 1. The first-order valence-electron chi connectivity index (χ1n) is 11.8. The van der Waals surface area contributed by atoms with E-state index in [9.17, 15) is 4.79 Å². The van der Waals surface area contributed by atoms with Crippen LogP contribution in [0.5, 0.6) is 5.75 Å². The maximum atomic E-state index is 12.8. The summed E-state index contributed by atoms with van der Waals surface area (Å²) in [5, 5.41) is 0. The van der Waals surface area contributed by atoms with Gasteiger partial charge < -0.3 is 19.4 Å². The summed E-state index contributed by atoms with van der Waals surface area (Å²) in [6.45, 7) is 10.3. The lowest BCUT2D eigenvalue weighted by molar-refractivity contribution is -0.135. The van der Waals surface area contributed by atoms with E-state index in [4.69, 9.17) is 4.74 Å². The van der Waals surface area contributed by atoms with Crippen LogP contribution in [-0.2, 0) is 11.3 Å². The molecule has 0 unspecified atom stereocenters. The molecule has 0 saturated carbocycles. The minimum atomic E-state index is 0.0774. The molecule has 0 aliphatic carbocycles. The summed E-state index contributed by atoms with van der Waals surface area (Å²) >= 11 is 0. The summed E-state index contributed by atoms with van der Waals surface area (Å²) in [6, 6.07) is 8.56. The third kappa shape index (κ3) is 5.74. The van der Waals surface area contributed by atoms with E-state index >= 15 is 0 Å². The smallest absolute Gasteiger partial charge is 0.239 e. The molecule has 6 heteroatoms. The molecule has 3 heterocycles. The molecular weight excluding hydrogens is 376 g/mol. The molecule has 1 aromatic rings. The zero-order chi connectivity index (χ0) is 20.8. The van der Waals surface area contributed by atoms with E-state index in [1.165, 1.54) is 31.7 Å². The summed E-state index contributed by atoms with van der Waals surface area (Å²) in [7, 11) is 2.19. The van der Waals surface area contributed by atoms with Crippen molar-refractivity contribution in [3.05, 3.63) is 29.8 Å². The first kappa shape index (κ1) is 21.6. The Morgan fingerprint density at radius 3 is 2.43 bits per heavy atom. The van der Waals surface area contributed by atoms with Crippen molar-refractivity contribution in [3.8, 4) is 5.75 Å². The lowest BCUT2D eigenvalue weighted by Crippen LogP contribution is -2.44. The van der Waals surface area contributed by atoms with Gasteiger partial charge in [0.05, 0.1) is 12.6 Å². The molecule has 0 N–H and O–H groups in total. The van der Waals surface area contributed by atoms with Gasteiger partial charge in [0.1, 0.15) is 5.75 Å². The monoisotopic (exact) mass is 414 g/mol. The first-order valence-corrected chi connectivity index (χ1v) is 11.8. The molecule has 6 nitrogen and oxygen atoms in total. The third-order valence-electron chi connectivity index (χ3n) is 6.86. The SMILES string of the molecule is CN1CCN(CCCOc2ccc(CN3CCC[C@H]3C(=O)N3CCCC3)cc2)CC1. The maximum absolute atomic E-state index is 12.8. The number of benzene rings is 1. The fourth-order valence-electron chi connectivity index (χ4n) is 4.92. The summed E-state index contributed by atoms with van der Waals surface area (Å²) < 4.78 is 5.96. The average molecular weight is 415 g/mol. The molecule has 30 heavy (non-hydrogen) atoms. The van der Waals surface area contributed by atoms with Crippen LogP contribution < -0.4 is 4.74 Å². The number of carbonyl (C=O) groups is 1. The van der Waals surface area contributed by atoms with Gasteiger partial charge in [-0.15, -0.1) is 0 Å². The largest absolute Gasteiger partial charge is 0.494 e. The minimum Gasteiger partial charge on any atom is -0.494 e. The average Bonchev–Trinajstić information content (AvgIpc) is 3.46. The molecule has 0 radical (unpaired) electrons. The molecule has 3 aliphatic heterocycles. The second kappa shape index (κ2) is 10.6. The number of carbonyl (C=O) groups excluding carboxylic acids is 1. The Balaban J connectivity index is 1.19.